The second kappa shape index (κ2) is 9.10. The highest BCUT2D eigenvalue weighted by Crippen LogP contribution is 2.41. The van der Waals surface area contributed by atoms with E-state index in [9.17, 15) is 9.59 Å². The normalized spacial score (nSPS) is 14.7. The van der Waals surface area contributed by atoms with E-state index < -0.39 is 6.04 Å². The zero-order chi connectivity index (χ0) is 25.5. The third-order valence-electron chi connectivity index (χ3n) is 6.78. The van der Waals surface area contributed by atoms with Crippen molar-refractivity contribution in [1.29, 1.82) is 0 Å². The summed E-state index contributed by atoms with van der Waals surface area (Å²) in [7, 11) is 0. The number of anilines is 1. The fraction of sp³-hybridized carbons (Fsp3) is 0.125. The largest absolute Gasteiger partial charge is 0.489 e. The number of hydrogen-bond acceptors (Lipinski definition) is 4. The Hall–Kier alpha value is -4.64. The molecule has 1 atom stereocenters. The van der Waals surface area contributed by atoms with Crippen LogP contribution >= 0.6 is 0 Å². The molecular formula is C32H25NO4. The number of carbonyl (C=O) groups excluding carboxylic acids is 1. The van der Waals surface area contributed by atoms with Crippen LogP contribution in [0.15, 0.2) is 106 Å². The summed E-state index contributed by atoms with van der Waals surface area (Å²) in [6.45, 7) is 4.38. The number of rotatable bonds is 5. The lowest BCUT2D eigenvalue weighted by molar-refractivity contribution is 0.0971. The summed E-state index contributed by atoms with van der Waals surface area (Å²) in [6, 6.07) is 30.1. The first-order chi connectivity index (χ1) is 18.0. The molecule has 0 fully saturated rings. The standard InChI is InChI=1S/C32H25NO4/c1-20-8-13-24(14-9-20)33-29(23-11-15-25(16-12-23)36-19-22-6-4-3-5-7-22)28-30(34)26-18-21(2)10-17-27(26)37-31(28)32(33)35/h3-18,29H,19H2,1-2H3. The fourth-order valence-corrected chi connectivity index (χ4v) is 4.86. The highest BCUT2D eigenvalue weighted by Gasteiger charge is 2.43. The minimum absolute atomic E-state index is 0.0938. The number of aryl methyl sites for hydroxylation is 2. The fourth-order valence-electron chi connectivity index (χ4n) is 4.86. The molecule has 0 spiro atoms. The van der Waals surface area contributed by atoms with Crippen molar-refractivity contribution in [2.75, 3.05) is 4.90 Å². The van der Waals surface area contributed by atoms with Crippen molar-refractivity contribution in [2.24, 2.45) is 0 Å². The minimum Gasteiger partial charge on any atom is -0.489 e. The Labute approximate surface area is 214 Å². The van der Waals surface area contributed by atoms with Crippen LogP contribution in [0.5, 0.6) is 5.75 Å². The summed E-state index contributed by atoms with van der Waals surface area (Å²) in [5.41, 5.74) is 5.22. The summed E-state index contributed by atoms with van der Waals surface area (Å²) in [5.74, 6) is 0.476. The van der Waals surface area contributed by atoms with Crippen molar-refractivity contribution < 1.29 is 13.9 Å². The van der Waals surface area contributed by atoms with Crippen LogP contribution in [0.25, 0.3) is 11.0 Å². The number of hydrogen-bond donors (Lipinski definition) is 0. The van der Waals surface area contributed by atoms with Crippen molar-refractivity contribution in [2.45, 2.75) is 26.5 Å². The molecule has 1 aliphatic heterocycles. The van der Waals surface area contributed by atoms with Gasteiger partial charge in [-0.05, 0) is 61.4 Å². The smallest absolute Gasteiger partial charge is 0.295 e. The van der Waals surface area contributed by atoms with Crippen molar-refractivity contribution >= 4 is 22.6 Å². The van der Waals surface area contributed by atoms with Gasteiger partial charge >= 0.3 is 0 Å². The van der Waals surface area contributed by atoms with E-state index >= 15 is 0 Å². The van der Waals surface area contributed by atoms with E-state index in [1.54, 1.807) is 11.0 Å². The molecule has 1 unspecified atom stereocenters. The van der Waals surface area contributed by atoms with Crippen LogP contribution in [0.3, 0.4) is 0 Å². The van der Waals surface area contributed by atoms with E-state index in [0.29, 0.717) is 34.6 Å². The molecule has 0 saturated carbocycles. The Bertz CT molecular complexity index is 1670. The SMILES string of the molecule is Cc1ccc(N2C(=O)c3oc4ccc(C)cc4c(=O)c3C2c2ccc(OCc3ccccc3)cc2)cc1. The van der Waals surface area contributed by atoms with Gasteiger partial charge in [0.05, 0.1) is 17.0 Å². The number of ether oxygens (including phenoxy) is 1. The Morgan fingerprint density at radius 3 is 2.24 bits per heavy atom. The summed E-state index contributed by atoms with van der Waals surface area (Å²) < 4.78 is 12.0. The maximum Gasteiger partial charge on any atom is 0.295 e. The lowest BCUT2D eigenvalue weighted by Gasteiger charge is -2.25. The van der Waals surface area contributed by atoms with Crippen molar-refractivity contribution in [3.05, 3.63) is 141 Å². The maximum atomic E-state index is 13.8. The van der Waals surface area contributed by atoms with Crippen LogP contribution in [-0.2, 0) is 6.61 Å². The van der Waals surface area contributed by atoms with Crippen LogP contribution < -0.4 is 15.1 Å². The molecule has 182 valence electrons. The number of carbonyl (C=O) groups is 1. The van der Waals surface area contributed by atoms with Crippen LogP contribution in [0.4, 0.5) is 5.69 Å². The van der Waals surface area contributed by atoms with Crippen LogP contribution in [-0.4, -0.2) is 5.91 Å². The molecule has 0 bridgehead atoms. The first-order valence-electron chi connectivity index (χ1n) is 12.2. The number of benzene rings is 4. The Morgan fingerprint density at radius 2 is 1.51 bits per heavy atom. The van der Waals surface area contributed by atoms with Gasteiger partial charge in [-0.25, -0.2) is 0 Å². The average molecular weight is 488 g/mol. The average Bonchev–Trinajstić information content (AvgIpc) is 3.21. The summed E-state index contributed by atoms with van der Waals surface area (Å²) >= 11 is 0. The molecular weight excluding hydrogens is 462 g/mol. The molecule has 1 amide bonds. The number of fused-ring (bicyclic) bond motifs is 2. The van der Waals surface area contributed by atoms with Gasteiger partial charge in [-0.1, -0.05) is 71.8 Å². The lowest BCUT2D eigenvalue weighted by atomic mass is 9.97. The first-order valence-corrected chi connectivity index (χ1v) is 12.2. The monoisotopic (exact) mass is 487 g/mol. The van der Waals surface area contributed by atoms with Crippen molar-refractivity contribution in [3.63, 3.8) is 0 Å². The van der Waals surface area contributed by atoms with Gasteiger partial charge in [0.15, 0.2) is 5.43 Å². The maximum absolute atomic E-state index is 13.8. The molecule has 1 aromatic heterocycles. The molecule has 5 heteroatoms. The molecule has 2 heterocycles. The Kier molecular flexibility index (Phi) is 5.61. The van der Waals surface area contributed by atoms with Gasteiger partial charge in [0, 0.05) is 5.69 Å². The summed E-state index contributed by atoms with van der Waals surface area (Å²) in [4.78, 5) is 29.2. The molecule has 1 aliphatic rings. The topological polar surface area (TPSA) is 59.8 Å². The second-order valence-corrected chi connectivity index (χ2v) is 9.43. The van der Waals surface area contributed by atoms with Gasteiger partial charge in [0.1, 0.15) is 17.9 Å². The van der Waals surface area contributed by atoms with E-state index in [0.717, 1.165) is 22.3 Å². The Morgan fingerprint density at radius 1 is 0.811 bits per heavy atom. The van der Waals surface area contributed by atoms with Gasteiger partial charge in [-0.3, -0.25) is 14.5 Å². The van der Waals surface area contributed by atoms with Gasteiger partial charge in [-0.2, -0.15) is 0 Å². The third-order valence-corrected chi connectivity index (χ3v) is 6.78. The predicted octanol–water partition coefficient (Wildman–Crippen LogP) is 6.74. The van der Waals surface area contributed by atoms with E-state index in [-0.39, 0.29) is 17.1 Å². The predicted molar refractivity (Wildman–Crippen MR) is 144 cm³/mol. The molecule has 0 N–H and O–H groups in total. The molecule has 4 aromatic carbocycles. The van der Waals surface area contributed by atoms with Crippen molar-refractivity contribution in [1.82, 2.24) is 0 Å². The van der Waals surface area contributed by atoms with Crippen LogP contribution in [0.2, 0.25) is 0 Å². The first kappa shape index (κ1) is 22.8. The van der Waals surface area contributed by atoms with E-state index in [1.165, 1.54) is 0 Å². The van der Waals surface area contributed by atoms with Crippen molar-refractivity contribution in [3.8, 4) is 5.75 Å². The second-order valence-electron chi connectivity index (χ2n) is 9.43. The summed E-state index contributed by atoms with van der Waals surface area (Å²) in [6.07, 6.45) is 0. The lowest BCUT2D eigenvalue weighted by Crippen LogP contribution is -2.29. The van der Waals surface area contributed by atoms with Gasteiger partial charge in [-0.15, -0.1) is 0 Å². The van der Waals surface area contributed by atoms with E-state index in [2.05, 4.69) is 0 Å². The third kappa shape index (κ3) is 4.08. The van der Waals surface area contributed by atoms with Gasteiger partial charge in [0.25, 0.3) is 5.91 Å². The van der Waals surface area contributed by atoms with Crippen LogP contribution in [0, 0.1) is 13.8 Å². The van der Waals surface area contributed by atoms with Gasteiger partial charge in [0.2, 0.25) is 5.76 Å². The molecule has 37 heavy (non-hydrogen) atoms. The van der Waals surface area contributed by atoms with Crippen LogP contribution in [0.1, 0.15) is 44.4 Å². The number of nitrogens with zero attached hydrogens (tertiary/aromatic N) is 1. The van der Waals surface area contributed by atoms with E-state index in [1.807, 2.05) is 105 Å². The Balaban J connectivity index is 1.44. The highest BCUT2D eigenvalue weighted by molar-refractivity contribution is 6.10. The zero-order valence-corrected chi connectivity index (χ0v) is 20.6. The number of amides is 1. The summed E-state index contributed by atoms with van der Waals surface area (Å²) in [5, 5.41) is 0.477. The highest BCUT2D eigenvalue weighted by atomic mass is 16.5. The van der Waals surface area contributed by atoms with E-state index in [4.69, 9.17) is 9.15 Å². The molecule has 5 aromatic rings. The molecule has 0 saturated heterocycles. The zero-order valence-electron chi connectivity index (χ0n) is 20.6. The van der Waals surface area contributed by atoms with Gasteiger partial charge < -0.3 is 9.15 Å². The molecule has 6 rings (SSSR count). The minimum atomic E-state index is -0.616. The quantitative estimate of drug-likeness (QED) is 0.276. The molecule has 0 aliphatic carbocycles. The molecule has 0 radical (unpaired) electrons. The molecule has 5 nitrogen and oxygen atoms in total.